The maximum absolute atomic E-state index is 10.7. The maximum atomic E-state index is 10.7. The molecule has 10 heavy (non-hydrogen) atoms. The summed E-state index contributed by atoms with van der Waals surface area (Å²) in [5, 5.41) is 0.370. The molecule has 0 radical (unpaired) electrons. The minimum Gasteiger partial charge on any atom is -0.286 e. The van der Waals surface area contributed by atoms with Crippen molar-refractivity contribution >= 4 is 0 Å². The van der Waals surface area contributed by atoms with Crippen LogP contribution in [-0.4, -0.2) is 9.97 Å². The van der Waals surface area contributed by atoms with Gasteiger partial charge in [0, 0.05) is 0 Å². The fourth-order valence-corrected chi connectivity index (χ4v) is 0.852. The number of hydrogen-bond acceptors (Lipinski definition) is 4. The zero-order valence-electron chi connectivity index (χ0n) is 4.87. The maximum Gasteiger partial charge on any atom is 0.224 e. The first-order valence-electron chi connectivity index (χ1n) is 2.70. The van der Waals surface area contributed by atoms with Crippen molar-refractivity contribution in [3.63, 3.8) is 0 Å². The van der Waals surface area contributed by atoms with Gasteiger partial charge in [-0.05, 0) is 0 Å². The molecule has 0 atom stereocenters. The van der Waals surface area contributed by atoms with Gasteiger partial charge in [-0.15, -0.1) is 0 Å². The highest BCUT2D eigenvalue weighted by molar-refractivity contribution is 5.02. The van der Waals surface area contributed by atoms with E-state index in [0.717, 1.165) is 12.4 Å². The van der Waals surface area contributed by atoms with Crippen molar-refractivity contribution in [1.82, 2.24) is 9.97 Å². The van der Waals surface area contributed by atoms with Gasteiger partial charge >= 0.3 is 0 Å². The molecule has 0 aliphatic carbocycles. The van der Waals surface area contributed by atoms with Crippen LogP contribution in [0.3, 0.4) is 0 Å². The predicted octanol–water partition coefficient (Wildman–Crippen LogP) is -1.20. The number of hydrogen-bond donors (Lipinski definition) is 0. The molecule has 0 amide bonds. The van der Waals surface area contributed by atoms with Crippen LogP contribution in [0.4, 0.5) is 0 Å². The highest BCUT2D eigenvalue weighted by Crippen LogP contribution is 1.78. The van der Waals surface area contributed by atoms with Gasteiger partial charge in [-0.25, -0.2) is 9.97 Å². The Hall–Kier alpha value is -1.58. The normalized spacial score (nSPS) is 10.8. The predicted molar refractivity (Wildman–Crippen MR) is 32.2 cm³/mol. The molecule has 0 bridgehead atoms. The third-order valence-corrected chi connectivity index (χ3v) is 1.31. The first-order valence-corrected chi connectivity index (χ1v) is 2.70. The van der Waals surface area contributed by atoms with Crippen LogP contribution in [0.25, 0.3) is 0 Å². The van der Waals surface area contributed by atoms with E-state index in [9.17, 15) is 9.59 Å². The van der Waals surface area contributed by atoms with Gasteiger partial charge < -0.3 is 0 Å². The Morgan fingerprint density at radius 3 is 1.70 bits per heavy atom. The number of nitrogens with zero attached hydrogens (tertiary/aromatic N) is 2. The van der Waals surface area contributed by atoms with Gasteiger partial charge in [-0.3, -0.25) is 9.59 Å². The van der Waals surface area contributed by atoms with Crippen LogP contribution < -0.4 is 10.9 Å². The molecule has 0 aromatic carbocycles. The molecule has 0 fully saturated rings. The van der Waals surface area contributed by atoms with Crippen LogP contribution in [0.2, 0.25) is 0 Å². The molecule has 0 spiro atoms. The van der Waals surface area contributed by atoms with E-state index in [4.69, 9.17) is 0 Å². The summed E-state index contributed by atoms with van der Waals surface area (Å²) < 4.78 is 0. The molecular weight excluding hydrogens is 132 g/mol. The van der Waals surface area contributed by atoms with Crippen molar-refractivity contribution in [2.45, 2.75) is 0 Å². The Balaban J connectivity index is 3.37. The highest BCUT2D eigenvalue weighted by Gasteiger charge is 2.01. The molecule has 2 heterocycles. The molecule has 48 valence electrons. The molecule has 4 nitrogen and oxygen atoms in total. The Morgan fingerprint density at radius 1 is 0.900 bits per heavy atom. The first kappa shape index (κ1) is 5.22. The lowest BCUT2D eigenvalue weighted by Crippen LogP contribution is -1.93. The number of rotatable bonds is 0. The van der Waals surface area contributed by atoms with Gasteiger partial charge in [0.05, 0.1) is 12.4 Å². The summed E-state index contributed by atoms with van der Waals surface area (Å²) in [5.74, 6) is 0. The summed E-state index contributed by atoms with van der Waals surface area (Å²) in [6, 6.07) is 0. The van der Waals surface area contributed by atoms with Gasteiger partial charge in [0.1, 0.15) is 10.7 Å². The lowest BCUT2D eigenvalue weighted by atomic mass is 10.5. The van der Waals surface area contributed by atoms with E-state index in [0.29, 0.717) is 0 Å². The van der Waals surface area contributed by atoms with E-state index in [1.165, 1.54) is 0 Å². The fraction of sp³-hybridized carbons (Fsp3) is 0. The van der Waals surface area contributed by atoms with E-state index < -0.39 is 0 Å². The van der Waals surface area contributed by atoms with Crippen molar-refractivity contribution < 1.29 is 0 Å². The second-order valence-corrected chi connectivity index (χ2v) is 1.94. The van der Waals surface area contributed by atoms with Gasteiger partial charge in [0.2, 0.25) is 10.9 Å². The Kier molecular flexibility index (Phi) is 0.768. The molecule has 0 unspecified atom stereocenters. The van der Waals surface area contributed by atoms with E-state index in [1.807, 2.05) is 0 Å². The largest absolute Gasteiger partial charge is 0.286 e. The molecule has 2 aliphatic heterocycles. The van der Waals surface area contributed by atoms with E-state index in [1.54, 1.807) is 0 Å². The highest BCUT2D eigenvalue weighted by atomic mass is 16.1. The topological polar surface area (TPSA) is 59.9 Å². The smallest absolute Gasteiger partial charge is 0.224 e. The molecule has 0 N–H and O–H groups in total. The fourth-order valence-electron chi connectivity index (χ4n) is 0.852. The van der Waals surface area contributed by atoms with Crippen molar-refractivity contribution in [2.24, 2.45) is 0 Å². The minimum absolute atomic E-state index is 0.185. The summed E-state index contributed by atoms with van der Waals surface area (Å²) in [7, 11) is 0. The van der Waals surface area contributed by atoms with Gasteiger partial charge in [0.25, 0.3) is 0 Å². The molecular formula is C6H2N2O2. The van der Waals surface area contributed by atoms with Gasteiger partial charge in [-0.1, -0.05) is 0 Å². The summed E-state index contributed by atoms with van der Waals surface area (Å²) >= 11 is 0. The SMILES string of the molecule is O=c1cnc2c(=O)cnc1=2. The lowest BCUT2D eigenvalue weighted by molar-refractivity contribution is 1.29. The number of aromatic nitrogens is 2. The summed E-state index contributed by atoms with van der Waals surface area (Å²) in [6.07, 6.45) is 2.22. The average Bonchev–Trinajstić information content (AvgIpc) is 2.41. The molecule has 0 saturated heterocycles. The summed E-state index contributed by atoms with van der Waals surface area (Å²) in [6.45, 7) is 0. The van der Waals surface area contributed by atoms with Crippen LogP contribution in [0.15, 0.2) is 22.0 Å². The Labute approximate surface area is 54.5 Å². The van der Waals surface area contributed by atoms with Crippen LogP contribution in [0, 0.1) is 10.7 Å². The van der Waals surface area contributed by atoms with E-state index in [2.05, 4.69) is 9.97 Å². The third-order valence-electron chi connectivity index (χ3n) is 1.31. The van der Waals surface area contributed by atoms with Gasteiger partial charge in [0.15, 0.2) is 0 Å². The molecule has 2 rings (SSSR count). The van der Waals surface area contributed by atoms with Crippen LogP contribution in [0.5, 0.6) is 0 Å². The standard InChI is InChI=1S/C6H2N2O2/c9-3-1-7-6-4(10)2-8-5(3)6/h1-2H. The summed E-state index contributed by atoms with van der Waals surface area (Å²) in [5.41, 5.74) is -0.561. The average molecular weight is 134 g/mol. The van der Waals surface area contributed by atoms with Crippen molar-refractivity contribution in [3.05, 3.63) is 43.5 Å². The van der Waals surface area contributed by atoms with E-state index >= 15 is 0 Å². The van der Waals surface area contributed by atoms with Crippen molar-refractivity contribution in [2.75, 3.05) is 0 Å². The Bertz CT molecular complexity index is 448. The van der Waals surface area contributed by atoms with Crippen molar-refractivity contribution in [1.29, 1.82) is 0 Å². The van der Waals surface area contributed by atoms with Crippen molar-refractivity contribution in [3.8, 4) is 0 Å². The second-order valence-electron chi connectivity index (χ2n) is 1.94. The zero-order chi connectivity index (χ0) is 7.14. The molecule has 0 aromatic heterocycles. The molecule has 0 saturated carbocycles. The second kappa shape index (κ2) is 1.47. The van der Waals surface area contributed by atoms with Gasteiger partial charge in [-0.2, -0.15) is 0 Å². The van der Waals surface area contributed by atoms with Crippen LogP contribution in [0.1, 0.15) is 0 Å². The van der Waals surface area contributed by atoms with Crippen LogP contribution >= 0.6 is 0 Å². The lowest BCUT2D eigenvalue weighted by Gasteiger charge is -1.57. The first-order chi connectivity index (χ1) is 4.79. The molecule has 2 aliphatic rings. The molecule has 4 heteroatoms. The third kappa shape index (κ3) is 0.452. The Morgan fingerprint density at radius 2 is 1.30 bits per heavy atom. The monoisotopic (exact) mass is 134 g/mol. The molecule has 0 aromatic rings. The van der Waals surface area contributed by atoms with E-state index in [-0.39, 0.29) is 21.6 Å². The summed E-state index contributed by atoms with van der Waals surface area (Å²) in [4.78, 5) is 28.6. The van der Waals surface area contributed by atoms with Crippen LogP contribution in [-0.2, 0) is 0 Å². The quantitative estimate of drug-likeness (QED) is 0.454. The zero-order valence-corrected chi connectivity index (χ0v) is 4.87. The minimum atomic E-state index is -0.280.